The summed E-state index contributed by atoms with van der Waals surface area (Å²) in [6.45, 7) is 0. The van der Waals surface area contributed by atoms with Gasteiger partial charge in [-0.15, -0.1) is 0 Å². The molecular weight excluding hydrogens is 977 g/mol. The molecule has 13 aromatic carbocycles. The van der Waals surface area contributed by atoms with Gasteiger partial charge in [0.15, 0.2) is 0 Å². The predicted octanol–water partition coefficient (Wildman–Crippen LogP) is 20.6. The lowest BCUT2D eigenvalue weighted by atomic mass is 9.67. The Morgan fingerprint density at radius 3 is 1.22 bits per heavy atom. The van der Waals surface area contributed by atoms with Gasteiger partial charge in [-0.3, -0.25) is 0 Å². The zero-order chi connectivity index (χ0) is 53.4. The minimum absolute atomic E-state index is 0.439. The third-order valence-electron chi connectivity index (χ3n) is 17.2. The molecule has 15 aromatic rings. The zero-order valence-corrected chi connectivity index (χ0v) is 44.4. The van der Waals surface area contributed by atoms with Crippen LogP contribution in [0.1, 0.15) is 22.3 Å². The smallest absolute Gasteiger partial charge is 0.0713 e. The number of para-hydroxylation sites is 4. The lowest BCUT2D eigenvalue weighted by molar-refractivity contribution is 0.769. The third kappa shape index (κ3) is 7.42. The topological polar surface area (TPSA) is 9.86 Å². The van der Waals surface area contributed by atoms with E-state index < -0.39 is 5.41 Å². The molecule has 0 saturated carbocycles. The summed E-state index contributed by atoms with van der Waals surface area (Å²) in [6, 6.07) is 116. The molecule has 0 radical (unpaired) electrons. The average Bonchev–Trinajstić information content (AvgIpc) is 3.78. The Hall–Kier alpha value is -10.5. The lowest BCUT2D eigenvalue weighted by Gasteiger charge is -2.34. The van der Waals surface area contributed by atoms with Crippen molar-refractivity contribution in [2.75, 3.05) is 0 Å². The van der Waals surface area contributed by atoms with E-state index in [2.05, 4.69) is 325 Å². The van der Waals surface area contributed by atoms with Crippen LogP contribution in [0.25, 0.3) is 122 Å². The highest BCUT2D eigenvalue weighted by atomic mass is 15.0. The Labute approximate surface area is 471 Å². The van der Waals surface area contributed by atoms with Crippen molar-refractivity contribution in [3.05, 3.63) is 338 Å². The Bertz CT molecular complexity index is 4880. The molecule has 2 heteroatoms. The highest BCUT2D eigenvalue weighted by molar-refractivity contribution is 6.13. The first-order valence-electron chi connectivity index (χ1n) is 28.1. The van der Waals surface area contributed by atoms with Gasteiger partial charge in [0.1, 0.15) is 0 Å². The van der Waals surface area contributed by atoms with Gasteiger partial charge in [-0.25, -0.2) is 0 Å². The summed E-state index contributed by atoms with van der Waals surface area (Å²) in [5.74, 6) is 0. The van der Waals surface area contributed by atoms with Crippen molar-refractivity contribution in [3.63, 3.8) is 0 Å². The largest absolute Gasteiger partial charge is 0.309 e. The summed E-state index contributed by atoms with van der Waals surface area (Å²) in [6.07, 6.45) is 0. The van der Waals surface area contributed by atoms with Gasteiger partial charge < -0.3 is 9.13 Å². The van der Waals surface area contributed by atoms with E-state index in [1.807, 2.05) is 0 Å². The van der Waals surface area contributed by atoms with E-state index in [0.717, 1.165) is 5.69 Å². The van der Waals surface area contributed by atoms with Crippen molar-refractivity contribution in [2.45, 2.75) is 5.41 Å². The maximum Gasteiger partial charge on any atom is 0.0713 e. The number of fused-ring (bicyclic) bond motifs is 9. The van der Waals surface area contributed by atoms with E-state index in [-0.39, 0.29) is 0 Å². The van der Waals surface area contributed by atoms with Gasteiger partial charge in [-0.05, 0) is 156 Å². The standard InChI is InChI=1S/C79H52N2/c1-3-25-62(26-4-1)79(72-35-12-7-31-66(72)67-32-8-13-36-73(67)79)63-27-19-23-58(50-63)54-42-40-53(41-43-54)55-20-17-21-56(48-55)57-22-18-24-61(49-57)65-30-9-14-37-74(65)81-76-39-16-11-34-69(76)71-52-60(45-47-78(71)81)59-44-46-77-70(51-59)68-33-10-15-38-75(68)80(77)64-28-5-2-6-29-64/h1-52H. The molecule has 0 unspecified atom stereocenters. The maximum absolute atomic E-state index is 2.46. The first-order valence-corrected chi connectivity index (χ1v) is 28.1. The van der Waals surface area contributed by atoms with Gasteiger partial charge >= 0.3 is 0 Å². The van der Waals surface area contributed by atoms with Crippen LogP contribution in [0.4, 0.5) is 0 Å². The summed E-state index contributed by atoms with van der Waals surface area (Å²) in [5.41, 5.74) is 26.3. The van der Waals surface area contributed by atoms with E-state index in [0.29, 0.717) is 0 Å². The molecule has 0 bridgehead atoms. The molecule has 2 heterocycles. The summed E-state index contributed by atoms with van der Waals surface area (Å²) < 4.78 is 4.84. The molecule has 1 aliphatic rings. The molecule has 2 nitrogen and oxygen atoms in total. The molecule has 1 aliphatic carbocycles. The van der Waals surface area contributed by atoms with Crippen molar-refractivity contribution in [1.82, 2.24) is 9.13 Å². The molecule has 0 N–H and O–H groups in total. The van der Waals surface area contributed by atoms with Crippen molar-refractivity contribution >= 4 is 43.6 Å². The van der Waals surface area contributed by atoms with Crippen LogP contribution in [0, 0.1) is 0 Å². The second-order valence-electron chi connectivity index (χ2n) is 21.5. The van der Waals surface area contributed by atoms with E-state index in [4.69, 9.17) is 0 Å². The SMILES string of the molecule is c1ccc(-n2c3ccccc3c3cc(-c4ccc5c(c4)c4ccccc4n5-c4ccccc4-c4cccc(-c5cccc(-c6ccc(-c7cccc(C8(c9ccccc9)c9ccccc9-c9ccccc98)c7)cc6)c5)c4)ccc32)cc1. The van der Waals surface area contributed by atoms with Crippen molar-refractivity contribution in [2.24, 2.45) is 0 Å². The lowest BCUT2D eigenvalue weighted by Crippen LogP contribution is -2.28. The fourth-order valence-electron chi connectivity index (χ4n) is 13.6. The normalized spacial score (nSPS) is 12.5. The van der Waals surface area contributed by atoms with Gasteiger partial charge in [0.25, 0.3) is 0 Å². The van der Waals surface area contributed by atoms with E-state index >= 15 is 0 Å². The van der Waals surface area contributed by atoms with Gasteiger partial charge in [0.05, 0.1) is 33.2 Å². The summed E-state index contributed by atoms with van der Waals surface area (Å²) in [7, 11) is 0. The summed E-state index contributed by atoms with van der Waals surface area (Å²) >= 11 is 0. The Balaban J connectivity index is 0.723. The first-order chi connectivity index (χ1) is 40.2. The summed E-state index contributed by atoms with van der Waals surface area (Å²) in [5, 5.41) is 4.97. The zero-order valence-electron chi connectivity index (χ0n) is 44.4. The van der Waals surface area contributed by atoms with Gasteiger partial charge in [0.2, 0.25) is 0 Å². The van der Waals surface area contributed by atoms with Crippen LogP contribution in [-0.2, 0) is 5.41 Å². The van der Waals surface area contributed by atoms with E-state index in [1.54, 1.807) is 0 Å². The quantitative estimate of drug-likeness (QED) is 0.136. The molecule has 0 fully saturated rings. The summed E-state index contributed by atoms with van der Waals surface area (Å²) in [4.78, 5) is 0. The molecule has 0 saturated heterocycles. The highest BCUT2D eigenvalue weighted by Crippen LogP contribution is 2.56. The average molecular weight is 1030 g/mol. The van der Waals surface area contributed by atoms with E-state index in [1.165, 1.54) is 138 Å². The van der Waals surface area contributed by atoms with Crippen molar-refractivity contribution in [3.8, 4) is 78.1 Å². The monoisotopic (exact) mass is 1030 g/mol. The van der Waals surface area contributed by atoms with Gasteiger partial charge in [-0.2, -0.15) is 0 Å². The second kappa shape index (κ2) is 18.8. The Morgan fingerprint density at radius 2 is 0.605 bits per heavy atom. The van der Waals surface area contributed by atoms with Crippen LogP contribution in [-0.4, -0.2) is 9.13 Å². The molecule has 81 heavy (non-hydrogen) atoms. The van der Waals surface area contributed by atoms with E-state index in [9.17, 15) is 0 Å². The van der Waals surface area contributed by atoms with Crippen LogP contribution in [0.2, 0.25) is 0 Å². The predicted molar refractivity (Wildman–Crippen MR) is 340 cm³/mol. The number of benzene rings is 13. The maximum atomic E-state index is 2.46. The Morgan fingerprint density at radius 1 is 0.210 bits per heavy atom. The molecule has 378 valence electrons. The molecular formula is C79H52N2. The van der Waals surface area contributed by atoms with Gasteiger partial charge in [0, 0.05) is 32.8 Å². The molecule has 0 aliphatic heterocycles. The molecule has 16 rings (SSSR count). The number of aromatic nitrogens is 2. The van der Waals surface area contributed by atoms with Crippen LogP contribution in [0.15, 0.2) is 315 Å². The third-order valence-corrected chi connectivity index (χ3v) is 17.2. The van der Waals surface area contributed by atoms with Crippen LogP contribution < -0.4 is 0 Å². The highest BCUT2D eigenvalue weighted by Gasteiger charge is 2.46. The number of hydrogen-bond donors (Lipinski definition) is 0. The Kier molecular flexibility index (Phi) is 10.8. The minimum Gasteiger partial charge on any atom is -0.309 e. The molecule has 0 spiro atoms. The van der Waals surface area contributed by atoms with Crippen LogP contribution in [0.3, 0.4) is 0 Å². The van der Waals surface area contributed by atoms with Gasteiger partial charge in [-0.1, -0.05) is 243 Å². The second-order valence-corrected chi connectivity index (χ2v) is 21.5. The van der Waals surface area contributed by atoms with Crippen molar-refractivity contribution in [1.29, 1.82) is 0 Å². The van der Waals surface area contributed by atoms with Crippen LogP contribution >= 0.6 is 0 Å². The number of hydrogen-bond acceptors (Lipinski definition) is 0. The minimum atomic E-state index is -0.439. The molecule has 0 atom stereocenters. The molecule has 0 amide bonds. The molecule has 2 aromatic heterocycles. The first kappa shape index (κ1) is 46.5. The fourth-order valence-corrected chi connectivity index (χ4v) is 13.6. The van der Waals surface area contributed by atoms with Crippen molar-refractivity contribution < 1.29 is 0 Å². The van der Waals surface area contributed by atoms with Crippen LogP contribution in [0.5, 0.6) is 0 Å². The number of rotatable bonds is 9. The number of nitrogens with zero attached hydrogens (tertiary/aromatic N) is 2. The fraction of sp³-hybridized carbons (Fsp3) is 0.0127.